The third-order valence-corrected chi connectivity index (χ3v) is 3.34. The normalized spacial score (nSPS) is 11.5. The van der Waals surface area contributed by atoms with E-state index in [0.29, 0.717) is 17.1 Å². The van der Waals surface area contributed by atoms with E-state index in [1.165, 1.54) is 0 Å². The number of nitrogens with one attached hydrogen (secondary N) is 1. The lowest BCUT2D eigenvalue weighted by atomic mass is 10.1. The monoisotopic (exact) mass is 282 g/mol. The summed E-state index contributed by atoms with van der Waals surface area (Å²) >= 11 is 0. The predicted octanol–water partition coefficient (Wildman–Crippen LogP) is 3.64. The highest BCUT2D eigenvalue weighted by molar-refractivity contribution is 5.51. The SMILES string of the molecule is CNC(C)c1c(OC)cccc1Oc1ccccc1C#N. The predicted molar refractivity (Wildman–Crippen MR) is 81.7 cm³/mol. The van der Waals surface area contributed by atoms with Gasteiger partial charge in [-0.3, -0.25) is 0 Å². The third kappa shape index (κ3) is 3.15. The highest BCUT2D eigenvalue weighted by Crippen LogP contribution is 2.37. The highest BCUT2D eigenvalue weighted by atomic mass is 16.5. The number of rotatable bonds is 5. The Hall–Kier alpha value is -2.51. The molecule has 108 valence electrons. The van der Waals surface area contributed by atoms with Gasteiger partial charge in [0, 0.05) is 6.04 Å². The van der Waals surface area contributed by atoms with Gasteiger partial charge in [-0.05, 0) is 38.2 Å². The summed E-state index contributed by atoms with van der Waals surface area (Å²) in [5.74, 6) is 1.97. The molecule has 0 heterocycles. The van der Waals surface area contributed by atoms with Crippen LogP contribution in [0.1, 0.15) is 24.1 Å². The van der Waals surface area contributed by atoms with Crippen LogP contribution in [0.15, 0.2) is 42.5 Å². The number of methoxy groups -OCH3 is 1. The fraction of sp³-hybridized carbons (Fsp3) is 0.235. The lowest BCUT2D eigenvalue weighted by Crippen LogP contribution is -2.14. The van der Waals surface area contributed by atoms with Gasteiger partial charge in [0.05, 0.1) is 18.2 Å². The minimum Gasteiger partial charge on any atom is -0.496 e. The molecule has 1 atom stereocenters. The molecule has 1 N–H and O–H groups in total. The third-order valence-electron chi connectivity index (χ3n) is 3.34. The Morgan fingerprint density at radius 2 is 1.71 bits per heavy atom. The molecule has 0 saturated heterocycles. The number of hydrogen-bond acceptors (Lipinski definition) is 4. The van der Waals surface area contributed by atoms with Gasteiger partial charge in [-0.15, -0.1) is 0 Å². The van der Waals surface area contributed by atoms with Crippen molar-refractivity contribution in [3.63, 3.8) is 0 Å². The van der Waals surface area contributed by atoms with E-state index in [4.69, 9.17) is 14.7 Å². The first kappa shape index (κ1) is 14.9. The zero-order valence-electron chi connectivity index (χ0n) is 12.4. The number of nitriles is 1. The molecule has 4 nitrogen and oxygen atoms in total. The second kappa shape index (κ2) is 6.78. The summed E-state index contributed by atoms with van der Waals surface area (Å²) in [4.78, 5) is 0. The average Bonchev–Trinajstić information content (AvgIpc) is 2.54. The van der Waals surface area contributed by atoms with Crippen LogP contribution in [0.3, 0.4) is 0 Å². The first-order chi connectivity index (χ1) is 10.2. The van der Waals surface area contributed by atoms with Crippen LogP contribution in [0.2, 0.25) is 0 Å². The molecule has 21 heavy (non-hydrogen) atoms. The molecule has 0 aromatic heterocycles. The lowest BCUT2D eigenvalue weighted by Gasteiger charge is -2.19. The molecule has 2 aromatic rings. The molecular formula is C17H18N2O2. The Morgan fingerprint density at radius 3 is 2.38 bits per heavy atom. The van der Waals surface area contributed by atoms with Gasteiger partial charge in [-0.2, -0.15) is 5.26 Å². The molecule has 0 aliphatic rings. The van der Waals surface area contributed by atoms with E-state index in [2.05, 4.69) is 11.4 Å². The summed E-state index contributed by atoms with van der Waals surface area (Å²) in [6.07, 6.45) is 0. The zero-order valence-corrected chi connectivity index (χ0v) is 12.4. The van der Waals surface area contributed by atoms with Crippen molar-refractivity contribution in [1.82, 2.24) is 5.32 Å². The van der Waals surface area contributed by atoms with Crippen molar-refractivity contribution in [2.75, 3.05) is 14.2 Å². The van der Waals surface area contributed by atoms with E-state index in [1.54, 1.807) is 19.2 Å². The van der Waals surface area contributed by atoms with E-state index >= 15 is 0 Å². The lowest BCUT2D eigenvalue weighted by molar-refractivity contribution is 0.393. The van der Waals surface area contributed by atoms with E-state index < -0.39 is 0 Å². The van der Waals surface area contributed by atoms with Gasteiger partial charge in [0.15, 0.2) is 0 Å². The fourth-order valence-corrected chi connectivity index (χ4v) is 2.13. The van der Waals surface area contributed by atoms with Gasteiger partial charge in [0.1, 0.15) is 23.3 Å². The maximum absolute atomic E-state index is 9.15. The Morgan fingerprint density at radius 1 is 1.05 bits per heavy atom. The van der Waals surface area contributed by atoms with Gasteiger partial charge in [0.25, 0.3) is 0 Å². The minimum atomic E-state index is 0.0606. The van der Waals surface area contributed by atoms with Crippen LogP contribution in [0.4, 0.5) is 0 Å². The standard InChI is InChI=1S/C17H18N2O2/c1-12(19-2)17-15(20-3)9-6-10-16(17)21-14-8-5-4-7-13(14)11-18/h4-10,12,19H,1-3H3. The van der Waals surface area contributed by atoms with E-state index in [1.807, 2.05) is 44.3 Å². The van der Waals surface area contributed by atoms with Gasteiger partial charge in [0.2, 0.25) is 0 Å². The quantitative estimate of drug-likeness (QED) is 0.909. The highest BCUT2D eigenvalue weighted by Gasteiger charge is 2.17. The molecule has 0 radical (unpaired) electrons. The molecule has 2 rings (SSSR count). The van der Waals surface area contributed by atoms with Crippen LogP contribution in [0.25, 0.3) is 0 Å². The largest absolute Gasteiger partial charge is 0.496 e. The summed E-state index contributed by atoms with van der Waals surface area (Å²) in [6, 6.07) is 15.0. The van der Waals surface area contributed by atoms with Crippen molar-refractivity contribution in [2.45, 2.75) is 13.0 Å². The first-order valence-corrected chi connectivity index (χ1v) is 6.72. The minimum absolute atomic E-state index is 0.0606. The van der Waals surface area contributed by atoms with Gasteiger partial charge < -0.3 is 14.8 Å². The van der Waals surface area contributed by atoms with Crippen molar-refractivity contribution >= 4 is 0 Å². The first-order valence-electron chi connectivity index (χ1n) is 6.72. The molecular weight excluding hydrogens is 264 g/mol. The molecule has 1 unspecified atom stereocenters. The molecule has 0 spiro atoms. The summed E-state index contributed by atoms with van der Waals surface area (Å²) < 4.78 is 11.4. The van der Waals surface area contributed by atoms with Crippen LogP contribution < -0.4 is 14.8 Å². The summed E-state index contributed by atoms with van der Waals surface area (Å²) in [7, 11) is 3.51. The van der Waals surface area contributed by atoms with Gasteiger partial charge >= 0.3 is 0 Å². The molecule has 0 saturated carbocycles. The Balaban J connectivity index is 2.47. The summed E-state index contributed by atoms with van der Waals surface area (Å²) in [6.45, 7) is 2.03. The van der Waals surface area contributed by atoms with Crippen molar-refractivity contribution in [3.8, 4) is 23.3 Å². The summed E-state index contributed by atoms with van der Waals surface area (Å²) in [5.41, 5.74) is 1.43. The molecule has 0 aliphatic heterocycles. The van der Waals surface area contributed by atoms with Crippen LogP contribution in [0, 0.1) is 11.3 Å². The topological polar surface area (TPSA) is 54.3 Å². The zero-order chi connectivity index (χ0) is 15.2. The Kier molecular flexibility index (Phi) is 4.81. The second-order valence-corrected chi connectivity index (χ2v) is 4.59. The average molecular weight is 282 g/mol. The summed E-state index contributed by atoms with van der Waals surface area (Å²) in [5, 5.41) is 12.3. The number of nitrogens with zero attached hydrogens (tertiary/aromatic N) is 1. The van der Waals surface area contributed by atoms with Gasteiger partial charge in [-0.1, -0.05) is 18.2 Å². The maximum atomic E-state index is 9.15. The molecule has 2 aromatic carbocycles. The van der Waals surface area contributed by atoms with Crippen molar-refractivity contribution < 1.29 is 9.47 Å². The molecule has 0 aliphatic carbocycles. The molecule has 0 amide bonds. The Bertz CT molecular complexity index is 662. The number of benzene rings is 2. The van der Waals surface area contributed by atoms with E-state index in [9.17, 15) is 0 Å². The van der Waals surface area contributed by atoms with E-state index in [-0.39, 0.29) is 6.04 Å². The fourth-order valence-electron chi connectivity index (χ4n) is 2.13. The van der Waals surface area contributed by atoms with Crippen LogP contribution in [-0.2, 0) is 0 Å². The maximum Gasteiger partial charge on any atom is 0.145 e. The molecule has 0 fully saturated rings. The number of hydrogen-bond donors (Lipinski definition) is 1. The van der Waals surface area contributed by atoms with Gasteiger partial charge in [-0.25, -0.2) is 0 Å². The van der Waals surface area contributed by atoms with Crippen LogP contribution >= 0.6 is 0 Å². The van der Waals surface area contributed by atoms with Crippen molar-refractivity contribution in [3.05, 3.63) is 53.6 Å². The van der Waals surface area contributed by atoms with E-state index in [0.717, 1.165) is 11.3 Å². The van der Waals surface area contributed by atoms with Crippen molar-refractivity contribution in [1.29, 1.82) is 5.26 Å². The van der Waals surface area contributed by atoms with Crippen LogP contribution in [0.5, 0.6) is 17.2 Å². The second-order valence-electron chi connectivity index (χ2n) is 4.59. The van der Waals surface area contributed by atoms with Crippen LogP contribution in [-0.4, -0.2) is 14.2 Å². The molecule has 0 bridgehead atoms. The molecule has 4 heteroatoms. The Labute approximate surface area is 124 Å². The number of para-hydroxylation sites is 1. The smallest absolute Gasteiger partial charge is 0.145 e. The number of ether oxygens (including phenoxy) is 2. The van der Waals surface area contributed by atoms with Crippen molar-refractivity contribution in [2.24, 2.45) is 0 Å².